The average Bonchev–Trinajstić information content (AvgIpc) is 2.41. The largest absolute Gasteiger partial charge is 0.480 e. The van der Waals surface area contributed by atoms with Crippen molar-refractivity contribution in [1.29, 1.82) is 0 Å². The molecule has 3 nitrogen and oxygen atoms in total. The van der Waals surface area contributed by atoms with Gasteiger partial charge >= 0.3 is 5.97 Å². The van der Waals surface area contributed by atoms with Gasteiger partial charge in [0.05, 0.1) is 0 Å². The fraction of sp³-hybridized carbons (Fsp3) is 0.889. The number of rotatable bonds is 1. The van der Waals surface area contributed by atoms with Crippen molar-refractivity contribution in [3.8, 4) is 0 Å². The molecule has 0 aromatic carbocycles. The molecule has 0 radical (unpaired) electrons. The van der Waals surface area contributed by atoms with Crippen LogP contribution in [-0.4, -0.2) is 22.5 Å². The summed E-state index contributed by atoms with van der Waals surface area (Å²) >= 11 is 0. The third kappa shape index (κ3) is 1.52. The van der Waals surface area contributed by atoms with Gasteiger partial charge in [0.15, 0.2) is 0 Å². The second kappa shape index (κ2) is 3.28. The van der Waals surface area contributed by atoms with Crippen molar-refractivity contribution in [1.82, 2.24) is 0 Å². The van der Waals surface area contributed by atoms with Crippen molar-refractivity contribution in [2.45, 2.75) is 43.6 Å². The zero-order valence-corrected chi connectivity index (χ0v) is 8.95. The minimum Gasteiger partial charge on any atom is -0.480 e. The van der Waals surface area contributed by atoms with Gasteiger partial charge in [0.25, 0.3) is 0 Å². The molecule has 0 amide bonds. The monoisotopic (exact) mass is 241 g/mol. The van der Waals surface area contributed by atoms with Crippen LogP contribution < -0.4 is 5.73 Å². The maximum absolute atomic E-state index is 13.0. The van der Waals surface area contributed by atoms with E-state index in [0.717, 1.165) is 0 Å². The van der Waals surface area contributed by atoms with Crippen LogP contribution in [0.5, 0.6) is 0 Å². The van der Waals surface area contributed by atoms with Crippen LogP contribution in [0.25, 0.3) is 0 Å². The summed E-state index contributed by atoms with van der Waals surface area (Å²) in [6.45, 7) is 0. The lowest BCUT2D eigenvalue weighted by Gasteiger charge is -2.52. The normalized spacial score (nSPS) is 42.1. The van der Waals surface area contributed by atoms with Crippen LogP contribution in [0.1, 0.15) is 32.1 Å². The SMILES string of the molecule is Cl.NC1(C(=O)O)CCC12CCC(F)(F)C2. The van der Waals surface area contributed by atoms with Crippen molar-refractivity contribution in [3.63, 3.8) is 0 Å². The minimum absolute atomic E-state index is 0. The lowest BCUT2D eigenvalue weighted by Crippen LogP contribution is -2.67. The highest BCUT2D eigenvalue weighted by Gasteiger charge is 2.67. The van der Waals surface area contributed by atoms with Gasteiger partial charge in [-0.25, -0.2) is 8.78 Å². The Hall–Kier alpha value is -0.420. The topological polar surface area (TPSA) is 63.3 Å². The zero-order valence-electron chi connectivity index (χ0n) is 8.13. The molecule has 0 bridgehead atoms. The Morgan fingerprint density at radius 3 is 2.00 bits per heavy atom. The van der Waals surface area contributed by atoms with Crippen LogP contribution in [0, 0.1) is 5.41 Å². The van der Waals surface area contributed by atoms with Crippen LogP contribution in [0.2, 0.25) is 0 Å². The molecule has 0 heterocycles. The number of halogens is 3. The van der Waals surface area contributed by atoms with Crippen molar-refractivity contribution in [2.24, 2.45) is 11.1 Å². The van der Waals surface area contributed by atoms with Gasteiger partial charge in [0, 0.05) is 18.3 Å². The Morgan fingerprint density at radius 1 is 1.20 bits per heavy atom. The van der Waals surface area contributed by atoms with Crippen LogP contribution in [0.15, 0.2) is 0 Å². The molecule has 0 aliphatic heterocycles. The summed E-state index contributed by atoms with van der Waals surface area (Å²) in [5, 5.41) is 8.92. The van der Waals surface area contributed by atoms with Gasteiger partial charge in [-0.15, -0.1) is 12.4 Å². The number of alkyl halides is 2. The zero-order chi connectivity index (χ0) is 10.6. The summed E-state index contributed by atoms with van der Waals surface area (Å²) in [7, 11) is 0. The van der Waals surface area contributed by atoms with E-state index in [1.165, 1.54) is 0 Å². The van der Waals surface area contributed by atoms with Crippen LogP contribution in [0.4, 0.5) is 8.78 Å². The molecule has 0 aromatic rings. The molecule has 2 saturated carbocycles. The first-order chi connectivity index (χ1) is 6.31. The van der Waals surface area contributed by atoms with E-state index in [4.69, 9.17) is 10.8 Å². The Morgan fingerprint density at radius 2 is 1.73 bits per heavy atom. The van der Waals surface area contributed by atoms with E-state index in [-0.39, 0.29) is 31.7 Å². The molecule has 2 unspecified atom stereocenters. The molecule has 2 fully saturated rings. The molecule has 2 rings (SSSR count). The van der Waals surface area contributed by atoms with E-state index in [9.17, 15) is 13.6 Å². The van der Waals surface area contributed by atoms with Crippen molar-refractivity contribution < 1.29 is 18.7 Å². The summed E-state index contributed by atoms with van der Waals surface area (Å²) in [6, 6.07) is 0. The number of carboxylic acid groups (broad SMARTS) is 1. The summed E-state index contributed by atoms with van der Waals surface area (Å²) in [5.74, 6) is -3.86. The summed E-state index contributed by atoms with van der Waals surface area (Å²) in [4.78, 5) is 10.9. The fourth-order valence-electron chi connectivity index (χ4n) is 2.77. The first-order valence-electron chi connectivity index (χ1n) is 4.72. The number of hydrogen-bond donors (Lipinski definition) is 2. The molecule has 3 N–H and O–H groups in total. The number of carboxylic acids is 1. The molecule has 0 aromatic heterocycles. The highest BCUT2D eigenvalue weighted by Crippen LogP contribution is 2.62. The van der Waals surface area contributed by atoms with E-state index >= 15 is 0 Å². The van der Waals surface area contributed by atoms with Crippen LogP contribution in [0.3, 0.4) is 0 Å². The van der Waals surface area contributed by atoms with Gasteiger partial charge in [-0.1, -0.05) is 0 Å². The number of aliphatic carboxylic acids is 1. The maximum atomic E-state index is 13.0. The van der Waals surface area contributed by atoms with E-state index in [2.05, 4.69) is 0 Å². The van der Waals surface area contributed by atoms with Crippen LogP contribution in [-0.2, 0) is 4.79 Å². The van der Waals surface area contributed by atoms with Crippen molar-refractivity contribution in [2.75, 3.05) is 0 Å². The Balaban J connectivity index is 0.00000112. The third-order valence-electron chi connectivity index (χ3n) is 3.89. The summed E-state index contributed by atoms with van der Waals surface area (Å²) in [5.41, 5.74) is 3.42. The van der Waals surface area contributed by atoms with Gasteiger partial charge in [-0.05, 0) is 19.3 Å². The van der Waals surface area contributed by atoms with E-state index in [0.29, 0.717) is 12.8 Å². The fourth-order valence-corrected chi connectivity index (χ4v) is 2.77. The smallest absolute Gasteiger partial charge is 0.324 e. The Kier molecular flexibility index (Phi) is 2.77. The third-order valence-corrected chi connectivity index (χ3v) is 3.89. The summed E-state index contributed by atoms with van der Waals surface area (Å²) in [6.07, 6.45) is 0.495. The van der Waals surface area contributed by atoms with Gasteiger partial charge in [-0.3, -0.25) is 4.79 Å². The minimum atomic E-state index is -2.72. The molecular formula is C9H14ClF2NO2. The van der Waals surface area contributed by atoms with E-state index in [1.807, 2.05) is 0 Å². The molecule has 88 valence electrons. The predicted octanol–water partition coefficient (Wildman–Crippen LogP) is 1.79. The molecule has 6 heteroatoms. The maximum Gasteiger partial charge on any atom is 0.324 e. The summed E-state index contributed by atoms with van der Waals surface area (Å²) < 4.78 is 26.0. The van der Waals surface area contributed by atoms with Gasteiger partial charge in [0.2, 0.25) is 5.92 Å². The van der Waals surface area contributed by atoms with E-state index < -0.39 is 22.8 Å². The quantitative estimate of drug-likeness (QED) is 0.736. The Labute approximate surface area is 92.4 Å². The molecule has 2 atom stereocenters. The first kappa shape index (κ1) is 12.6. The van der Waals surface area contributed by atoms with Gasteiger partial charge in [0.1, 0.15) is 5.54 Å². The molecule has 0 saturated heterocycles. The number of carbonyl (C=O) groups is 1. The molecule has 2 aliphatic carbocycles. The van der Waals surface area contributed by atoms with Gasteiger partial charge in [-0.2, -0.15) is 0 Å². The molecular weight excluding hydrogens is 228 g/mol. The highest BCUT2D eigenvalue weighted by atomic mass is 35.5. The molecule has 1 spiro atoms. The lowest BCUT2D eigenvalue weighted by atomic mass is 9.54. The van der Waals surface area contributed by atoms with E-state index in [1.54, 1.807) is 0 Å². The standard InChI is InChI=1S/C9H13F2NO2.ClH/c10-8(11)3-1-7(5-8)2-4-9(7,12)6(13)14;/h1-5,12H2,(H,13,14);1H. The average molecular weight is 242 g/mol. The molecule has 2 aliphatic rings. The second-order valence-electron chi connectivity index (χ2n) is 4.59. The van der Waals surface area contributed by atoms with Crippen LogP contribution >= 0.6 is 12.4 Å². The highest BCUT2D eigenvalue weighted by molar-refractivity contribution is 5.85. The number of hydrogen-bond acceptors (Lipinski definition) is 2. The van der Waals surface area contributed by atoms with Crippen molar-refractivity contribution in [3.05, 3.63) is 0 Å². The number of nitrogens with two attached hydrogens (primary N) is 1. The Bertz CT molecular complexity index is 300. The van der Waals surface area contributed by atoms with Gasteiger partial charge < -0.3 is 10.8 Å². The predicted molar refractivity (Wildman–Crippen MR) is 52.3 cm³/mol. The second-order valence-corrected chi connectivity index (χ2v) is 4.59. The first-order valence-corrected chi connectivity index (χ1v) is 4.72. The van der Waals surface area contributed by atoms with Crippen molar-refractivity contribution >= 4 is 18.4 Å². The lowest BCUT2D eigenvalue weighted by molar-refractivity contribution is -0.160. The molecule has 15 heavy (non-hydrogen) atoms.